The summed E-state index contributed by atoms with van der Waals surface area (Å²) < 4.78 is 0. The first-order valence-electron chi connectivity index (χ1n) is 8.57. The molecule has 0 aliphatic carbocycles. The van der Waals surface area contributed by atoms with Crippen LogP contribution in [0.1, 0.15) is 28.8 Å². The fourth-order valence-electron chi connectivity index (χ4n) is 3.02. The number of nitro benzene ring substituents is 1. The highest BCUT2D eigenvalue weighted by Crippen LogP contribution is 2.32. The molecule has 0 saturated carbocycles. The molecular weight excluding hydrogens is 370 g/mol. The molecule has 0 radical (unpaired) electrons. The zero-order valence-corrected chi connectivity index (χ0v) is 15.2. The summed E-state index contributed by atoms with van der Waals surface area (Å²) in [5, 5.41) is 14.3. The molecule has 140 valence electrons. The molecule has 1 aliphatic heterocycles. The lowest BCUT2D eigenvalue weighted by atomic mass is 10.1. The molecule has 0 fully saturated rings. The Morgan fingerprint density at radius 3 is 2.63 bits per heavy atom. The molecule has 0 spiro atoms. The fourth-order valence-corrected chi connectivity index (χ4v) is 3.15. The smallest absolute Gasteiger partial charge is 0.271 e. The molecule has 8 heteroatoms. The molecule has 0 bridgehead atoms. The van der Waals surface area contributed by atoms with Crippen LogP contribution >= 0.6 is 11.6 Å². The number of hydrogen-bond acceptors (Lipinski definition) is 4. The van der Waals surface area contributed by atoms with Gasteiger partial charge in [-0.3, -0.25) is 19.7 Å². The second-order valence-corrected chi connectivity index (χ2v) is 6.67. The number of hydrogen-bond donors (Lipinski definition) is 1. The normalized spacial score (nSPS) is 12.6. The summed E-state index contributed by atoms with van der Waals surface area (Å²) in [6.07, 6.45) is 1.42. The second kappa shape index (κ2) is 8.18. The molecule has 2 amide bonds. The van der Waals surface area contributed by atoms with Gasteiger partial charge in [-0.05, 0) is 42.7 Å². The number of carbonyl (C=O) groups excluding carboxylic acids is 2. The van der Waals surface area contributed by atoms with Crippen molar-refractivity contribution in [1.82, 2.24) is 5.32 Å². The van der Waals surface area contributed by atoms with Crippen LogP contribution in [0, 0.1) is 10.1 Å². The van der Waals surface area contributed by atoms with Crippen LogP contribution in [0.3, 0.4) is 0 Å². The van der Waals surface area contributed by atoms with Crippen molar-refractivity contribution in [3.63, 3.8) is 0 Å². The first kappa shape index (κ1) is 18.8. The zero-order valence-electron chi connectivity index (χ0n) is 14.5. The minimum absolute atomic E-state index is 0.0244. The lowest BCUT2D eigenvalue weighted by Crippen LogP contribution is -2.30. The predicted molar refractivity (Wildman–Crippen MR) is 102 cm³/mol. The van der Waals surface area contributed by atoms with Gasteiger partial charge in [0.05, 0.1) is 10.6 Å². The number of nitrogens with one attached hydrogen (secondary N) is 1. The van der Waals surface area contributed by atoms with Crippen LogP contribution in [0.4, 0.5) is 11.4 Å². The van der Waals surface area contributed by atoms with Gasteiger partial charge in [-0.2, -0.15) is 0 Å². The third-order valence-electron chi connectivity index (χ3n) is 4.44. The van der Waals surface area contributed by atoms with E-state index in [9.17, 15) is 19.7 Å². The van der Waals surface area contributed by atoms with E-state index in [0.717, 1.165) is 5.56 Å². The topological polar surface area (TPSA) is 92.6 Å². The summed E-state index contributed by atoms with van der Waals surface area (Å²) >= 11 is 5.79. The Morgan fingerprint density at radius 1 is 1.19 bits per heavy atom. The first-order valence-corrected chi connectivity index (χ1v) is 8.95. The van der Waals surface area contributed by atoms with E-state index in [2.05, 4.69) is 5.32 Å². The Morgan fingerprint density at radius 2 is 1.93 bits per heavy atom. The third kappa shape index (κ3) is 4.43. The quantitative estimate of drug-likeness (QED) is 0.467. The van der Waals surface area contributed by atoms with Gasteiger partial charge < -0.3 is 10.2 Å². The maximum Gasteiger partial charge on any atom is 0.271 e. The van der Waals surface area contributed by atoms with E-state index in [1.54, 1.807) is 35.2 Å². The molecule has 7 nitrogen and oxygen atoms in total. The number of amides is 2. The fraction of sp³-hybridized carbons (Fsp3) is 0.263. The number of rotatable bonds is 6. The van der Waals surface area contributed by atoms with Gasteiger partial charge in [0.2, 0.25) is 5.91 Å². The van der Waals surface area contributed by atoms with Gasteiger partial charge in [0.25, 0.3) is 11.6 Å². The summed E-state index contributed by atoms with van der Waals surface area (Å²) in [6, 6.07) is 11.2. The SMILES string of the molecule is O=C(NCCCC(=O)N1CCc2ccc([N+](=O)[O-])cc21)c1ccc(Cl)cc1. The van der Waals surface area contributed by atoms with E-state index in [1.165, 1.54) is 12.1 Å². The Balaban J connectivity index is 1.51. The molecule has 1 aliphatic rings. The molecule has 0 aromatic heterocycles. The van der Waals surface area contributed by atoms with E-state index >= 15 is 0 Å². The van der Waals surface area contributed by atoms with Crippen LogP contribution < -0.4 is 10.2 Å². The maximum absolute atomic E-state index is 12.5. The van der Waals surface area contributed by atoms with Gasteiger partial charge in [0.1, 0.15) is 0 Å². The van der Waals surface area contributed by atoms with Gasteiger partial charge in [-0.25, -0.2) is 0 Å². The van der Waals surface area contributed by atoms with E-state index in [4.69, 9.17) is 11.6 Å². The van der Waals surface area contributed by atoms with E-state index in [-0.39, 0.29) is 23.9 Å². The van der Waals surface area contributed by atoms with Crippen molar-refractivity contribution < 1.29 is 14.5 Å². The molecule has 0 saturated heterocycles. The van der Waals surface area contributed by atoms with Gasteiger partial charge in [-0.15, -0.1) is 0 Å². The summed E-state index contributed by atoms with van der Waals surface area (Å²) in [6.45, 7) is 0.884. The maximum atomic E-state index is 12.5. The minimum Gasteiger partial charge on any atom is -0.352 e. The van der Waals surface area contributed by atoms with Crippen molar-refractivity contribution in [3.8, 4) is 0 Å². The number of anilines is 1. The number of fused-ring (bicyclic) bond motifs is 1. The molecule has 2 aromatic rings. The average Bonchev–Trinajstić information content (AvgIpc) is 3.08. The van der Waals surface area contributed by atoms with Crippen molar-refractivity contribution in [2.45, 2.75) is 19.3 Å². The number of benzene rings is 2. The van der Waals surface area contributed by atoms with E-state index < -0.39 is 4.92 Å². The Labute approximate surface area is 161 Å². The van der Waals surface area contributed by atoms with Crippen molar-refractivity contribution in [2.75, 3.05) is 18.0 Å². The van der Waals surface area contributed by atoms with Gasteiger partial charge in [-0.1, -0.05) is 17.7 Å². The molecule has 27 heavy (non-hydrogen) atoms. The molecule has 2 aromatic carbocycles. The average molecular weight is 388 g/mol. The molecule has 3 rings (SSSR count). The van der Waals surface area contributed by atoms with Crippen LogP contribution in [-0.4, -0.2) is 29.8 Å². The van der Waals surface area contributed by atoms with Crippen LogP contribution in [0.2, 0.25) is 5.02 Å². The summed E-state index contributed by atoms with van der Waals surface area (Å²) in [7, 11) is 0. The highest BCUT2D eigenvalue weighted by Gasteiger charge is 2.26. The highest BCUT2D eigenvalue weighted by molar-refractivity contribution is 6.30. The Kier molecular flexibility index (Phi) is 5.71. The summed E-state index contributed by atoms with van der Waals surface area (Å²) in [4.78, 5) is 36.5. The van der Waals surface area contributed by atoms with Crippen LogP contribution in [0.15, 0.2) is 42.5 Å². The van der Waals surface area contributed by atoms with Crippen molar-refractivity contribution in [2.24, 2.45) is 0 Å². The van der Waals surface area contributed by atoms with Crippen LogP contribution in [-0.2, 0) is 11.2 Å². The Bertz CT molecular complexity index is 883. The summed E-state index contributed by atoms with van der Waals surface area (Å²) in [5.41, 5.74) is 2.03. The van der Waals surface area contributed by atoms with Gasteiger partial charge in [0, 0.05) is 42.2 Å². The first-order chi connectivity index (χ1) is 13.0. The molecular formula is C19H18ClN3O4. The van der Waals surface area contributed by atoms with E-state index in [1.807, 2.05) is 0 Å². The van der Waals surface area contributed by atoms with Crippen LogP contribution in [0.5, 0.6) is 0 Å². The van der Waals surface area contributed by atoms with Gasteiger partial charge in [0.15, 0.2) is 0 Å². The van der Waals surface area contributed by atoms with Crippen molar-refractivity contribution in [3.05, 3.63) is 68.7 Å². The predicted octanol–water partition coefficient (Wildman–Crippen LogP) is 3.35. The van der Waals surface area contributed by atoms with Gasteiger partial charge >= 0.3 is 0 Å². The molecule has 1 heterocycles. The number of non-ortho nitro benzene ring substituents is 1. The minimum atomic E-state index is -0.465. The largest absolute Gasteiger partial charge is 0.352 e. The van der Waals surface area contributed by atoms with Crippen molar-refractivity contribution in [1.29, 1.82) is 0 Å². The lowest BCUT2D eigenvalue weighted by Gasteiger charge is -2.17. The number of halogens is 1. The number of nitrogens with zero attached hydrogens (tertiary/aromatic N) is 2. The van der Waals surface area contributed by atoms with Crippen LogP contribution in [0.25, 0.3) is 0 Å². The highest BCUT2D eigenvalue weighted by atomic mass is 35.5. The zero-order chi connectivity index (χ0) is 19.4. The molecule has 1 N–H and O–H groups in total. The Hall–Kier alpha value is -2.93. The number of carbonyl (C=O) groups is 2. The monoisotopic (exact) mass is 387 g/mol. The molecule has 0 atom stereocenters. The molecule has 0 unspecified atom stereocenters. The number of nitro groups is 1. The van der Waals surface area contributed by atoms with E-state index in [0.29, 0.717) is 42.2 Å². The van der Waals surface area contributed by atoms with Crippen molar-refractivity contribution >= 4 is 34.8 Å². The second-order valence-electron chi connectivity index (χ2n) is 6.23. The lowest BCUT2D eigenvalue weighted by molar-refractivity contribution is -0.384. The summed E-state index contributed by atoms with van der Waals surface area (Å²) in [5.74, 6) is -0.323. The standard InChI is InChI=1S/C19H18ClN3O4/c20-15-6-3-14(4-7-15)19(25)21-10-1-2-18(24)22-11-9-13-5-8-16(23(26)27)12-17(13)22/h3-8,12H,1-2,9-11H2,(H,21,25). The third-order valence-corrected chi connectivity index (χ3v) is 4.69.